The zero-order valence-corrected chi connectivity index (χ0v) is 12.5. The molecular weight excluding hydrogens is 290 g/mol. The van der Waals surface area contributed by atoms with Crippen LogP contribution in [0.25, 0.3) is 0 Å². The molecule has 0 aliphatic heterocycles. The zero-order chi connectivity index (χ0) is 16.3. The molecule has 2 aliphatic carbocycles. The van der Waals surface area contributed by atoms with Crippen LogP contribution in [0, 0.1) is 11.8 Å². The summed E-state index contributed by atoms with van der Waals surface area (Å²) in [4.78, 5) is 35.0. The van der Waals surface area contributed by atoms with Gasteiger partial charge in [-0.2, -0.15) is 0 Å². The number of esters is 1. The summed E-state index contributed by atoms with van der Waals surface area (Å²) in [5.74, 6) is -1.75. The van der Waals surface area contributed by atoms with Gasteiger partial charge in [0.25, 0.3) is 6.47 Å². The van der Waals surface area contributed by atoms with Crippen molar-refractivity contribution in [1.82, 2.24) is 5.32 Å². The van der Waals surface area contributed by atoms with Crippen LogP contribution < -0.4 is 5.32 Å². The van der Waals surface area contributed by atoms with Crippen molar-refractivity contribution in [1.29, 1.82) is 0 Å². The molecule has 0 heterocycles. The molecule has 0 radical (unpaired) electrons. The third-order valence-corrected chi connectivity index (χ3v) is 4.33. The van der Waals surface area contributed by atoms with Crippen LogP contribution >= 0.6 is 0 Å². The van der Waals surface area contributed by atoms with E-state index in [0.29, 0.717) is 6.42 Å². The van der Waals surface area contributed by atoms with Crippen molar-refractivity contribution in [3.05, 3.63) is 12.7 Å². The molecule has 7 heteroatoms. The molecule has 2 aliphatic rings. The Morgan fingerprint density at radius 2 is 2.18 bits per heavy atom. The molecule has 5 atom stereocenters. The van der Waals surface area contributed by atoms with Crippen LogP contribution in [-0.4, -0.2) is 47.8 Å². The molecular formula is C15H21NO6. The van der Waals surface area contributed by atoms with E-state index in [-0.39, 0.29) is 31.8 Å². The topological polar surface area (TPSA) is 102 Å². The third kappa shape index (κ3) is 2.99. The first-order valence-corrected chi connectivity index (χ1v) is 7.37. The quantitative estimate of drug-likeness (QED) is 0.387. The summed E-state index contributed by atoms with van der Waals surface area (Å²) >= 11 is 0. The molecule has 0 aromatic rings. The first kappa shape index (κ1) is 16.5. The largest absolute Gasteiger partial charge is 0.464 e. The highest BCUT2D eigenvalue weighted by molar-refractivity contribution is 5.93. The molecule has 0 aromatic heterocycles. The molecule has 2 rings (SSSR count). The van der Waals surface area contributed by atoms with Crippen molar-refractivity contribution in [2.24, 2.45) is 11.8 Å². The van der Waals surface area contributed by atoms with E-state index in [4.69, 9.17) is 9.47 Å². The summed E-state index contributed by atoms with van der Waals surface area (Å²) in [7, 11) is 0. The van der Waals surface area contributed by atoms with Crippen molar-refractivity contribution >= 4 is 18.3 Å². The van der Waals surface area contributed by atoms with Crippen LogP contribution in [0.1, 0.15) is 26.2 Å². The Balaban J connectivity index is 2.07. The Morgan fingerprint density at radius 3 is 2.73 bits per heavy atom. The summed E-state index contributed by atoms with van der Waals surface area (Å²) in [6, 6.07) is 0. The van der Waals surface area contributed by atoms with Gasteiger partial charge in [-0.1, -0.05) is 6.08 Å². The lowest BCUT2D eigenvalue weighted by molar-refractivity contribution is -0.151. The first-order chi connectivity index (χ1) is 10.5. The second-order valence-corrected chi connectivity index (χ2v) is 5.73. The second kappa shape index (κ2) is 6.48. The number of aliphatic hydroxyl groups is 1. The van der Waals surface area contributed by atoms with Crippen molar-refractivity contribution in [3.8, 4) is 0 Å². The van der Waals surface area contributed by atoms with E-state index in [1.165, 1.54) is 0 Å². The predicted octanol–water partition coefficient (Wildman–Crippen LogP) is -0.0771. The monoisotopic (exact) mass is 311 g/mol. The fourth-order valence-electron chi connectivity index (χ4n) is 3.05. The molecule has 0 bridgehead atoms. The van der Waals surface area contributed by atoms with Crippen LogP contribution in [0.5, 0.6) is 0 Å². The standard InChI is InChI=1S/C15H21NO6/c1-3-9-7-15(9,14(20)21-4-2)16-13(19)11-5-10(18)6-12(11)22-8-17/h3,8-12,18H,1,4-7H2,2H3,(H,16,19)/t9-,10+,11-,12?,15-/m1/s1. The maximum Gasteiger partial charge on any atom is 0.332 e. The van der Waals surface area contributed by atoms with E-state index in [1.54, 1.807) is 13.0 Å². The number of hydrogen-bond donors (Lipinski definition) is 2. The highest BCUT2D eigenvalue weighted by atomic mass is 16.5. The predicted molar refractivity (Wildman–Crippen MR) is 75.5 cm³/mol. The molecule has 2 fully saturated rings. The molecule has 2 N–H and O–H groups in total. The summed E-state index contributed by atoms with van der Waals surface area (Å²) < 4.78 is 9.89. The van der Waals surface area contributed by atoms with Gasteiger partial charge in [0.2, 0.25) is 5.91 Å². The number of nitrogens with one attached hydrogen (secondary N) is 1. The molecule has 7 nitrogen and oxygen atoms in total. The molecule has 0 saturated heterocycles. The lowest BCUT2D eigenvalue weighted by Crippen LogP contribution is -2.49. The summed E-state index contributed by atoms with van der Waals surface area (Å²) in [5, 5.41) is 12.4. The zero-order valence-electron chi connectivity index (χ0n) is 12.5. The van der Waals surface area contributed by atoms with Gasteiger partial charge >= 0.3 is 5.97 Å². The van der Waals surface area contributed by atoms with Crippen LogP contribution in [-0.2, 0) is 23.9 Å². The van der Waals surface area contributed by atoms with Crippen molar-refractivity contribution in [3.63, 3.8) is 0 Å². The Labute approximate surface area is 128 Å². The Kier molecular flexibility index (Phi) is 4.85. The minimum Gasteiger partial charge on any atom is -0.464 e. The van der Waals surface area contributed by atoms with E-state index in [9.17, 15) is 19.5 Å². The van der Waals surface area contributed by atoms with Gasteiger partial charge in [-0.25, -0.2) is 4.79 Å². The van der Waals surface area contributed by atoms with Gasteiger partial charge in [-0.15, -0.1) is 6.58 Å². The van der Waals surface area contributed by atoms with Crippen LogP contribution in [0.3, 0.4) is 0 Å². The van der Waals surface area contributed by atoms with Crippen LogP contribution in [0.2, 0.25) is 0 Å². The van der Waals surface area contributed by atoms with E-state index in [1.807, 2.05) is 0 Å². The van der Waals surface area contributed by atoms with Crippen LogP contribution in [0.4, 0.5) is 0 Å². The van der Waals surface area contributed by atoms with Crippen molar-refractivity contribution in [2.75, 3.05) is 6.61 Å². The molecule has 22 heavy (non-hydrogen) atoms. The maximum atomic E-state index is 12.4. The fourth-order valence-corrected chi connectivity index (χ4v) is 3.05. The average molecular weight is 311 g/mol. The third-order valence-electron chi connectivity index (χ3n) is 4.33. The molecule has 122 valence electrons. The van der Waals surface area contributed by atoms with Crippen LogP contribution in [0.15, 0.2) is 12.7 Å². The Morgan fingerprint density at radius 1 is 1.45 bits per heavy atom. The lowest BCUT2D eigenvalue weighted by atomic mass is 10.0. The minimum absolute atomic E-state index is 0.174. The molecule has 1 amide bonds. The average Bonchev–Trinajstić information content (AvgIpc) is 3.07. The summed E-state index contributed by atoms with van der Waals surface area (Å²) in [6.45, 7) is 5.84. The van der Waals surface area contributed by atoms with E-state index < -0.39 is 35.5 Å². The summed E-state index contributed by atoms with van der Waals surface area (Å²) in [5.41, 5.74) is -1.08. The van der Waals surface area contributed by atoms with E-state index in [2.05, 4.69) is 11.9 Å². The second-order valence-electron chi connectivity index (χ2n) is 5.73. The van der Waals surface area contributed by atoms with E-state index >= 15 is 0 Å². The van der Waals surface area contributed by atoms with Gasteiger partial charge in [0.15, 0.2) is 0 Å². The molecule has 0 spiro atoms. The summed E-state index contributed by atoms with van der Waals surface area (Å²) in [6.07, 6.45) is 1.09. The number of ether oxygens (including phenoxy) is 2. The number of rotatable bonds is 7. The number of carbonyl (C=O) groups excluding carboxylic acids is 3. The van der Waals surface area contributed by atoms with Gasteiger partial charge in [0.1, 0.15) is 11.6 Å². The normalized spacial score (nSPS) is 36.3. The van der Waals surface area contributed by atoms with Gasteiger partial charge in [0.05, 0.1) is 18.6 Å². The van der Waals surface area contributed by atoms with Gasteiger partial charge in [-0.3, -0.25) is 9.59 Å². The fraction of sp³-hybridized carbons (Fsp3) is 0.667. The maximum absolute atomic E-state index is 12.4. The first-order valence-electron chi connectivity index (χ1n) is 7.37. The number of hydrogen-bond acceptors (Lipinski definition) is 6. The van der Waals surface area contributed by atoms with Crippen molar-refractivity contribution < 1.29 is 29.0 Å². The molecule has 0 aromatic carbocycles. The lowest BCUT2D eigenvalue weighted by Gasteiger charge is -2.22. The number of aliphatic hydroxyl groups excluding tert-OH is 1. The highest BCUT2D eigenvalue weighted by Crippen LogP contribution is 2.46. The Hall–Kier alpha value is -1.89. The molecule has 2 saturated carbocycles. The smallest absolute Gasteiger partial charge is 0.332 e. The number of carbonyl (C=O) groups is 3. The SMILES string of the molecule is C=C[C@@H]1C[C@]1(NC(=O)[C@@H]1C[C@H](O)CC1OC=O)C(=O)OCC. The van der Waals surface area contributed by atoms with E-state index in [0.717, 1.165) is 0 Å². The van der Waals surface area contributed by atoms with Gasteiger partial charge in [0, 0.05) is 12.3 Å². The van der Waals surface area contributed by atoms with Crippen molar-refractivity contribution in [2.45, 2.75) is 43.9 Å². The number of amides is 1. The Bertz CT molecular complexity index is 479. The minimum atomic E-state index is -1.08. The highest BCUT2D eigenvalue weighted by Gasteiger charge is 2.61. The van der Waals surface area contributed by atoms with Gasteiger partial charge in [-0.05, 0) is 19.8 Å². The molecule has 1 unspecified atom stereocenters. The van der Waals surface area contributed by atoms with Gasteiger partial charge < -0.3 is 19.9 Å².